The van der Waals surface area contributed by atoms with Gasteiger partial charge in [-0.05, 0) is 56.5 Å². The first kappa shape index (κ1) is 17.3. The van der Waals surface area contributed by atoms with E-state index in [0.29, 0.717) is 16.8 Å². The summed E-state index contributed by atoms with van der Waals surface area (Å²) >= 11 is 0. The predicted octanol–water partition coefficient (Wildman–Crippen LogP) is 3.91. The van der Waals surface area contributed by atoms with Gasteiger partial charge in [0.1, 0.15) is 5.60 Å². The summed E-state index contributed by atoms with van der Waals surface area (Å²) in [6.07, 6.45) is -0.918. The van der Waals surface area contributed by atoms with E-state index in [2.05, 4.69) is 15.3 Å². The minimum absolute atomic E-state index is 0.218. The van der Waals surface area contributed by atoms with E-state index >= 15 is 0 Å². The lowest BCUT2D eigenvalue weighted by Gasteiger charge is -2.20. The monoisotopic (exact) mass is 306 g/mol. The first-order valence-electron chi connectivity index (χ1n) is 6.53. The van der Waals surface area contributed by atoms with Crippen molar-refractivity contribution in [2.45, 2.75) is 39.7 Å². The Morgan fingerprint density at radius 3 is 2.55 bits per heavy atom. The highest BCUT2D eigenvalue weighted by Gasteiger charge is 2.18. The second kappa shape index (κ2) is 6.82. The number of carbonyl (C=O) groups is 2. The van der Waals surface area contributed by atoms with Crippen LogP contribution in [-0.4, -0.2) is 22.8 Å². The summed E-state index contributed by atoms with van der Waals surface area (Å²) in [5.41, 5.74) is 9.44. The first-order valence-corrected chi connectivity index (χ1v) is 6.53. The second-order valence-electron chi connectivity index (χ2n) is 5.66. The van der Waals surface area contributed by atoms with Gasteiger partial charge in [-0.3, -0.25) is 10.1 Å². The molecule has 0 aliphatic rings. The Morgan fingerprint density at radius 2 is 2.05 bits per heavy atom. The molecule has 0 aliphatic heterocycles. The Balaban J connectivity index is 3.16. The lowest BCUT2D eigenvalue weighted by atomic mass is 10.0. The molecule has 0 radical (unpaired) electrons. The topological polar surface area (TPSA) is 124 Å². The third-order valence-corrected chi connectivity index (χ3v) is 2.64. The Morgan fingerprint density at radius 1 is 1.41 bits per heavy atom. The fourth-order valence-electron chi connectivity index (χ4n) is 1.76. The number of carbonyl (C=O) groups excluding carboxylic acids is 1. The SMILES string of the molecule is Cc1c(CC(=O)O)cc(N=[N+]=[N-])cc1NC(=O)OC(C)(C)C. The zero-order valence-electron chi connectivity index (χ0n) is 12.9. The number of anilines is 1. The summed E-state index contributed by atoms with van der Waals surface area (Å²) in [7, 11) is 0. The largest absolute Gasteiger partial charge is 0.481 e. The fourth-order valence-corrected chi connectivity index (χ4v) is 1.76. The molecule has 0 atom stereocenters. The van der Waals surface area contributed by atoms with Crippen molar-refractivity contribution in [1.29, 1.82) is 0 Å². The highest BCUT2D eigenvalue weighted by atomic mass is 16.6. The molecule has 8 nitrogen and oxygen atoms in total. The number of azide groups is 1. The van der Waals surface area contributed by atoms with Crippen molar-refractivity contribution in [3.8, 4) is 0 Å². The summed E-state index contributed by atoms with van der Waals surface area (Å²) in [6.45, 7) is 6.86. The van der Waals surface area contributed by atoms with Crippen LogP contribution in [0.25, 0.3) is 10.4 Å². The summed E-state index contributed by atoms with van der Waals surface area (Å²) in [6, 6.07) is 2.94. The second-order valence-corrected chi connectivity index (χ2v) is 5.66. The molecule has 0 saturated heterocycles. The van der Waals surface area contributed by atoms with E-state index in [-0.39, 0.29) is 12.1 Å². The van der Waals surface area contributed by atoms with Crippen molar-refractivity contribution in [3.63, 3.8) is 0 Å². The molecule has 1 aromatic rings. The van der Waals surface area contributed by atoms with E-state index in [1.807, 2.05) is 0 Å². The van der Waals surface area contributed by atoms with Crippen molar-refractivity contribution in [2.24, 2.45) is 5.11 Å². The van der Waals surface area contributed by atoms with Crippen LogP contribution in [0.3, 0.4) is 0 Å². The molecule has 1 amide bonds. The number of amides is 1. The molecule has 0 bridgehead atoms. The maximum atomic E-state index is 11.8. The minimum atomic E-state index is -1.02. The van der Waals surface area contributed by atoms with Gasteiger partial charge in [0, 0.05) is 16.3 Å². The number of carboxylic acids is 1. The normalized spacial score (nSPS) is 10.5. The van der Waals surface area contributed by atoms with Gasteiger partial charge in [-0.15, -0.1) is 0 Å². The van der Waals surface area contributed by atoms with Crippen LogP contribution in [0.5, 0.6) is 0 Å². The number of ether oxygens (including phenoxy) is 1. The van der Waals surface area contributed by atoms with E-state index in [9.17, 15) is 9.59 Å². The van der Waals surface area contributed by atoms with Crippen LogP contribution in [-0.2, 0) is 16.0 Å². The molecule has 1 rings (SSSR count). The zero-order valence-corrected chi connectivity index (χ0v) is 12.9. The Hall–Kier alpha value is -2.73. The molecule has 0 spiro atoms. The van der Waals surface area contributed by atoms with Gasteiger partial charge in [0.05, 0.1) is 6.42 Å². The van der Waals surface area contributed by atoms with Gasteiger partial charge in [0.2, 0.25) is 0 Å². The smallest absolute Gasteiger partial charge is 0.412 e. The Kier molecular flexibility index (Phi) is 5.37. The number of nitrogens with one attached hydrogen (secondary N) is 1. The molecule has 2 N–H and O–H groups in total. The van der Waals surface area contributed by atoms with Gasteiger partial charge in [0.25, 0.3) is 0 Å². The van der Waals surface area contributed by atoms with E-state index in [1.165, 1.54) is 12.1 Å². The van der Waals surface area contributed by atoms with Gasteiger partial charge in [-0.1, -0.05) is 5.11 Å². The van der Waals surface area contributed by atoms with Crippen LogP contribution in [0.1, 0.15) is 31.9 Å². The van der Waals surface area contributed by atoms with Crippen molar-refractivity contribution < 1.29 is 19.4 Å². The number of nitrogens with zero attached hydrogens (tertiary/aromatic N) is 3. The van der Waals surface area contributed by atoms with Crippen LogP contribution in [0.2, 0.25) is 0 Å². The third kappa shape index (κ3) is 5.34. The van der Waals surface area contributed by atoms with Gasteiger partial charge < -0.3 is 9.84 Å². The number of carboxylic acid groups (broad SMARTS) is 1. The van der Waals surface area contributed by atoms with Crippen LogP contribution in [0, 0.1) is 6.92 Å². The summed E-state index contributed by atoms with van der Waals surface area (Å²) in [5, 5.41) is 14.9. The molecule has 0 aliphatic carbocycles. The van der Waals surface area contributed by atoms with E-state index in [0.717, 1.165) is 0 Å². The van der Waals surface area contributed by atoms with Gasteiger partial charge in [-0.25, -0.2) is 4.79 Å². The molecule has 22 heavy (non-hydrogen) atoms. The van der Waals surface area contributed by atoms with Crippen LogP contribution >= 0.6 is 0 Å². The average molecular weight is 306 g/mol. The Labute approximate surface area is 127 Å². The number of rotatable bonds is 4. The van der Waals surface area contributed by atoms with E-state index < -0.39 is 17.7 Å². The highest BCUT2D eigenvalue weighted by molar-refractivity contribution is 5.87. The lowest BCUT2D eigenvalue weighted by molar-refractivity contribution is -0.136. The van der Waals surface area contributed by atoms with E-state index in [1.54, 1.807) is 27.7 Å². The molecule has 0 unspecified atom stereocenters. The van der Waals surface area contributed by atoms with Gasteiger partial charge in [0.15, 0.2) is 0 Å². The van der Waals surface area contributed by atoms with Crippen LogP contribution < -0.4 is 5.32 Å². The Bertz CT molecular complexity index is 643. The van der Waals surface area contributed by atoms with Gasteiger partial charge >= 0.3 is 12.1 Å². The molecule has 0 heterocycles. The maximum Gasteiger partial charge on any atom is 0.412 e. The number of hydrogen-bond acceptors (Lipinski definition) is 4. The number of hydrogen-bond donors (Lipinski definition) is 2. The van der Waals surface area contributed by atoms with Crippen molar-refractivity contribution >= 4 is 23.4 Å². The minimum Gasteiger partial charge on any atom is -0.481 e. The summed E-state index contributed by atoms with van der Waals surface area (Å²) in [4.78, 5) is 25.4. The van der Waals surface area contributed by atoms with Crippen LogP contribution in [0.15, 0.2) is 17.2 Å². The number of aliphatic carboxylic acids is 1. The summed E-state index contributed by atoms with van der Waals surface area (Å²) in [5.74, 6) is -1.02. The fraction of sp³-hybridized carbons (Fsp3) is 0.429. The van der Waals surface area contributed by atoms with Crippen molar-refractivity contribution in [1.82, 2.24) is 0 Å². The van der Waals surface area contributed by atoms with Crippen molar-refractivity contribution in [3.05, 3.63) is 33.7 Å². The summed E-state index contributed by atoms with van der Waals surface area (Å²) < 4.78 is 5.15. The zero-order chi connectivity index (χ0) is 16.9. The lowest BCUT2D eigenvalue weighted by Crippen LogP contribution is -2.27. The predicted molar refractivity (Wildman–Crippen MR) is 81.2 cm³/mol. The molecular weight excluding hydrogens is 288 g/mol. The maximum absolute atomic E-state index is 11.8. The third-order valence-electron chi connectivity index (χ3n) is 2.64. The standard InChI is InChI=1S/C14H18N4O4/c1-8-9(6-12(19)20)5-10(17-18-15)7-11(8)16-13(21)22-14(2,3)4/h5,7H,6H2,1-4H3,(H,16,21)(H,19,20). The molecule has 1 aromatic carbocycles. The van der Waals surface area contributed by atoms with Crippen LogP contribution in [0.4, 0.5) is 16.2 Å². The molecule has 0 aromatic heterocycles. The molecule has 0 saturated carbocycles. The molecular formula is C14H18N4O4. The molecule has 118 valence electrons. The number of benzene rings is 1. The molecule has 0 fully saturated rings. The van der Waals surface area contributed by atoms with E-state index in [4.69, 9.17) is 15.4 Å². The molecule has 8 heteroatoms. The van der Waals surface area contributed by atoms with Crippen molar-refractivity contribution in [2.75, 3.05) is 5.32 Å². The average Bonchev–Trinajstić information content (AvgIpc) is 2.32. The highest BCUT2D eigenvalue weighted by Crippen LogP contribution is 2.28. The quantitative estimate of drug-likeness (QED) is 0.497. The first-order chi connectivity index (χ1) is 10.1. The van der Waals surface area contributed by atoms with Gasteiger partial charge in [-0.2, -0.15) is 0 Å².